The number of rotatable bonds is 2. The molecule has 0 unspecified atom stereocenters. The zero-order valence-electron chi connectivity index (χ0n) is 11.0. The van der Waals surface area contributed by atoms with Crippen molar-refractivity contribution in [1.29, 1.82) is 0 Å². The van der Waals surface area contributed by atoms with Crippen LogP contribution in [-0.2, 0) is 4.79 Å². The molecule has 6 heteroatoms. The summed E-state index contributed by atoms with van der Waals surface area (Å²) in [5.41, 5.74) is 2.34. The van der Waals surface area contributed by atoms with Gasteiger partial charge in [-0.05, 0) is 36.4 Å². The summed E-state index contributed by atoms with van der Waals surface area (Å²) in [6, 6.07) is 10.6. The van der Waals surface area contributed by atoms with Gasteiger partial charge in [-0.25, -0.2) is 4.99 Å². The van der Waals surface area contributed by atoms with Crippen LogP contribution in [0, 0.1) is 0 Å². The number of carbonyl (C=O) groups is 1. The molecule has 0 aliphatic carbocycles. The van der Waals surface area contributed by atoms with Crippen molar-refractivity contribution in [3.05, 3.63) is 51.5 Å². The fraction of sp³-hybridized carbons (Fsp3) is 0.0667. The first kappa shape index (κ1) is 14.1. The molecule has 0 bridgehead atoms. The molecule has 21 heavy (non-hydrogen) atoms. The number of anilines is 1. The van der Waals surface area contributed by atoms with Crippen molar-refractivity contribution in [1.82, 2.24) is 0 Å². The molecule has 0 fully saturated rings. The Bertz CT molecular complexity index is 774. The summed E-state index contributed by atoms with van der Waals surface area (Å²) in [6.07, 6.45) is 0. The van der Waals surface area contributed by atoms with Gasteiger partial charge in [0, 0.05) is 15.1 Å². The lowest BCUT2D eigenvalue weighted by atomic mass is 10.1. The van der Waals surface area contributed by atoms with E-state index in [1.807, 2.05) is 18.2 Å². The second-order valence-corrected chi connectivity index (χ2v) is 5.77. The standard InChI is InChI=1S/C15H10BrClN2O2/c1-21-13-5-3-9(17)7-12(13)18-14-10-6-8(16)2-4-11(10)19-15(14)20/h2-7H,1H3,(H,18,19,20). The topological polar surface area (TPSA) is 50.7 Å². The minimum Gasteiger partial charge on any atom is -0.494 e. The van der Waals surface area contributed by atoms with Gasteiger partial charge in [0.1, 0.15) is 17.1 Å². The number of amides is 1. The number of methoxy groups -OCH3 is 1. The van der Waals surface area contributed by atoms with Gasteiger partial charge in [-0.1, -0.05) is 27.5 Å². The maximum Gasteiger partial charge on any atom is 0.275 e. The SMILES string of the molecule is COc1ccc(Cl)cc1N=C1C(=O)Nc2ccc(Br)cc21. The highest BCUT2D eigenvalue weighted by Gasteiger charge is 2.26. The Balaban J connectivity index is 2.15. The van der Waals surface area contributed by atoms with E-state index in [4.69, 9.17) is 16.3 Å². The van der Waals surface area contributed by atoms with Crippen molar-refractivity contribution in [2.75, 3.05) is 12.4 Å². The van der Waals surface area contributed by atoms with E-state index in [-0.39, 0.29) is 5.91 Å². The quantitative estimate of drug-likeness (QED) is 0.868. The van der Waals surface area contributed by atoms with Crippen LogP contribution >= 0.6 is 27.5 Å². The third-order valence-corrected chi connectivity index (χ3v) is 3.80. The summed E-state index contributed by atoms with van der Waals surface area (Å²) >= 11 is 9.39. The summed E-state index contributed by atoms with van der Waals surface area (Å²) in [6.45, 7) is 0. The number of carbonyl (C=O) groups excluding carboxylic acids is 1. The molecule has 0 aromatic heterocycles. The number of fused-ring (bicyclic) bond motifs is 1. The first-order valence-electron chi connectivity index (χ1n) is 6.12. The average Bonchev–Trinajstić information content (AvgIpc) is 2.75. The second kappa shape index (κ2) is 5.50. The van der Waals surface area contributed by atoms with Gasteiger partial charge in [0.05, 0.1) is 12.8 Å². The Morgan fingerprint density at radius 2 is 2.05 bits per heavy atom. The molecule has 2 aromatic rings. The Kier molecular flexibility index (Phi) is 3.69. The lowest BCUT2D eigenvalue weighted by molar-refractivity contribution is -0.110. The normalized spacial score (nSPS) is 15.0. The molecule has 0 atom stereocenters. The minimum atomic E-state index is -0.245. The van der Waals surface area contributed by atoms with Crippen LogP contribution in [0.3, 0.4) is 0 Å². The van der Waals surface area contributed by atoms with Crippen LogP contribution in [0.15, 0.2) is 45.9 Å². The van der Waals surface area contributed by atoms with Crippen molar-refractivity contribution < 1.29 is 9.53 Å². The fourth-order valence-electron chi connectivity index (χ4n) is 2.11. The van der Waals surface area contributed by atoms with Gasteiger partial charge in [0.25, 0.3) is 5.91 Å². The molecule has 2 aromatic carbocycles. The van der Waals surface area contributed by atoms with E-state index in [1.165, 1.54) is 0 Å². The van der Waals surface area contributed by atoms with Gasteiger partial charge in [-0.15, -0.1) is 0 Å². The van der Waals surface area contributed by atoms with Gasteiger partial charge in [0.15, 0.2) is 0 Å². The number of halogens is 2. The highest BCUT2D eigenvalue weighted by Crippen LogP contribution is 2.33. The number of benzene rings is 2. The predicted octanol–water partition coefficient (Wildman–Crippen LogP) is 4.18. The second-order valence-electron chi connectivity index (χ2n) is 4.42. The van der Waals surface area contributed by atoms with Crippen molar-refractivity contribution in [2.24, 2.45) is 4.99 Å². The Labute approximate surface area is 134 Å². The summed E-state index contributed by atoms with van der Waals surface area (Å²) in [7, 11) is 1.55. The highest BCUT2D eigenvalue weighted by molar-refractivity contribution is 9.10. The zero-order chi connectivity index (χ0) is 15.0. The maximum absolute atomic E-state index is 12.1. The van der Waals surface area contributed by atoms with Crippen LogP contribution in [0.2, 0.25) is 5.02 Å². The van der Waals surface area contributed by atoms with Crippen LogP contribution in [0.25, 0.3) is 0 Å². The lowest BCUT2D eigenvalue weighted by Crippen LogP contribution is -2.14. The molecule has 1 N–H and O–H groups in total. The number of aliphatic imine (C=N–C) groups is 1. The van der Waals surface area contributed by atoms with E-state index in [0.717, 1.165) is 15.7 Å². The van der Waals surface area contributed by atoms with Gasteiger partial charge in [-0.2, -0.15) is 0 Å². The third-order valence-electron chi connectivity index (χ3n) is 3.07. The molecule has 0 saturated carbocycles. The van der Waals surface area contributed by atoms with Crippen LogP contribution in [0.5, 0.6) is 5.75 Å². The van der Waals surface area contributed by atoms with E-state index >= 15 is 0 Å². The number of hydrogen-bond acceptors (Lipinski definition) is 3. The molecule has 1 amide bonds. The van der Waals surface area contributed by atoms with Gasteiger partial charge < -0.3 is 10.1 Å². The maximum atomic E-state index is 12.1. The van der Waals surface area contributed by atoms with Gasteiger partial charge in [0.2, 0.25) is 0 Å². The molecule has 106 valence electrons. The van der Waals surface area contributed by atoms with Crippen molar-refractivity contribution in [3.63, 3.8) is 0 Å². The van der Waals surface area contributed by atoms with E-state index in [0.29, 0.717) is 22.2 Å². The molecule has 4 nitrogen and oxygen atoms in total. The van der Waals surface area contributed by atoms with E-state index in [2.05, 4.69) is 26.2 Å². The summed E-state index contributed by atoms with van der Waals surface area (Å²) in [5, 5.41) is 3.31. The van der Waals surface area contributed by atoms with Crippen molar-refractivity contribution in [3.8, 4) is 5.75 Å². The monoisotopic (exact) mass is 364 g/mol. The van der Waals surface area contributed by atoms with E-state index in [9.17, 15) is 4.79 Å². The number of nitrogens with zero attached hydrogens (tertiary/aromatic N) is 1. The molecule has 1 aliphatic rings. The number of hydrogen-bond donors (Lipinski definition) is 1. The summed E-state index contributed by atoms with van der Waals surface area (Å²) in [4.78, 5) is 16.5. The Hall–Kier alpha value is -1.85. The van der Waals surface area contributed by atoms with E-state index in [1.54, 1.807) is 25.3 Å². The predicted molar refractivity (Wildman–Crippen MR) is 87.0 cm³/mol. The summed E-state index contributed by atoms with van der Waals surface area (Å²) < 4.78 is 6.13. The number of ether oxygens (including phenoxy) is 1. The largest absolute Gasteiger partial charge is 0.494 e. The molecule has 0 spiro atoms. The highest BCUT2D eigenvalue weighted by atomic mass is 79.9. The Morgan fingerprint density at radius 1 is 1.24 bits per heavy atom. The molecular weight excluding hydrogens is 356 g/mol. The van der Waals surface area contributed by atoms with Gasteiger partial charge >= 0.3 is 0 Å². The van der Waals surface area contributed by atoms with Gasteiger partial charge in [-0.3, -0.25) is 4.79 Å². The number of nitrogens with one attached hydrogen (secondary N) is 1. The first-order chi connectivity index (χ1) is 10.1. The average molecular weight is 366 g/mol. The molecule has 0 radical (unpaired) electrons. The van der Waals surface area contributed by atoms with Crippen LogP contribution < -0.4 is 10.1 Å². The van der Waals surface area contributed by atoms with Crippen molar-refractivity contribution >= 4 is 50.5 Å². The minimum absolute atomic E-state index is 0.245. The van der Waals surface area contributed by atoms with Crippen LogP contribution in [-0.4, -0.2) is 18.7 Å². The van der Waals surface area contributed by atoms with Crippen LogP contribution in [0.1, 0.15) is 5.56 Å². The first-order valence-corrected chi connectivity index (χ1v) is 7.29. The molecule has 3 rings (SSSR count). The third kappa shape index (κ3) is 2.66. The molecule has 0 saturated heterocycles. The van der Waals surface area contributed by atoms with Crippen LogP contribution in [0.4, 0.5) is 11.4 Å². The smallest absolute Gasteiger partial charge is 0.275 e. The molecule has 1 aliphatic heterocycles. The lowest BCUT2D eigenvalue weighted by Gasteiger charge is -2.05. The molecule has 1 heterocycles. The fourth-order valence-corrected chi connectivity index (χ4v) is 2.63. The van der Waals surface area contributed by atoms with Crippen molar-refractivity contribution in [2.45, 2.75) is 0 Å². The van der Waals surface area contributed by atoms with E-state index < -0.39 is 0 Å². The molecular formula is C15H10BrClN2O2. The zero-order valence-corrected chi connectivity index (χ0v) is 13.3. The summed E-state index contributed by atoms with van der Waals surface area (Å²) in [5.74, 6) is 0.313. The Morgan fingerprint density at radius 3 is 2.81 bits per heavy atom.